The van der Waals surface area contributed by atoms with Crippen molar-refractivity contribution < 1.29 is 17.9 Å². The van der Waals surface area contributed by atoms with E-state index >= 15 is 0 Å². The molecule has 0 unspecified atom stereocenters. The monoisotopic (exact) mass is 275 g/mol. The number of carbonyl (C=O) groups is 1. The van der Waals surface area contributed by atoms with Gasteiger partial charge in [0, 0.05) is 5.02 Å². The lowest BCUT2D eigenvalue weighted by atomic mass is 10.4. The first kappa shape index (κ1) is 13.5. The molecule has 0 aliphatic rings. The first-order chi connectivity index (χ1) is 7.95. The van der Waals surface area contributed by atoms with Crippen molar-refractivity contribution in [3.63, 3.8) is 0 Å². The Hall–Kier alpha value is -1.53. The van der Waals surface area contributed by atoms with E-state index in [-0.39, 0.29) is 11.5 Å². The summed E-state index contributed by atoms with van der Waals surface area (Å²) in [5.41, 5.74) is 0. The standard InChI is InChI=1S/C10H10ClNO4S/c1-2-7-16-10(13)12-17(14,15)9-5-3-8(11)4-6-9/h2-6H,1,7H2,(H,12,13). The maximum Gasteiger partial charge on any atom is 0.421 e. The smallest absolute Gasteiger partial charge is 0.421 e. The normalized spacial score (nSPS) is 10.6. The number of nitrogens with one attached hydrogen (secondary N) is 1. The topological polar surface area (TPSA) is 72.5 Å². The Morgan fingerprint density at radius 1 is 1.41 bits per heavy atom. The van der Waals surface area contributed by atoms with Crippen LogP contribution < -0.4 is 4.72 Å². The molecular formula is C10H10ClNO4S. The number of rotatable bonds is 4. The van der Waals surface area contributed by atoms with Gasteiger partial charge in [-0.2, -0.15) is 0 Å². The van der Waals surface area contributed by atoms with Crippen molar-refractivity contribution >= 4 is 27.7 Å². The zero-order valence-electron chi connectivity index (χ0n) is 8.72. The van der Waals surface area contributed by atoms with Crippen molar-refractivity contribution in [1.82, 2.24) is 4.72 Å². The summed E-state index contributed by atoms with van der Waals surface area (Å²) < 4.78 is 29.5. The van der Waals surface area contributed by atoms with Crippen molar-refractivity contribution in [1.29, 1.82) is 0 Å². The van der Waals surface area contributed by atoms with Gasteiger partial charge in [-0.3, -0.25) is 0 Å². The van der Waals surface area contributed by atoms with E-state index in [9.17, 15) is 13.2 Å². The Labute approximate surface area is 104 Å². The van der Waals surface area contributed by atoms with Crippen molar-refractivity contribution in [2.75, 3.05) is 6.61 Å². The molecule has 0 fully saturated rings. The highest BCUT2D eigenvalue weighted by atomic mass is 35.5. The van der Waals surface area contributed by atoms with Crippen LogP contribution >= 0.6 is 11.6 Å². The maximum absolute atomic E-state index is 11.6. The van der Waals surface area contributed by atoms with E-state index in [1.165, 1.54) is 30.3 Å². The molecule has 0 spiro atoms. The fourth-order valence-electron chi connectivity index (χ4n) is 0.946. The Kier molecular flexibility index (Phi) is 4.53. The SMILES string of the molecule is C=CCOC(=O)NS(=O)(=O)c1ccc(Cl)cc1. The molecule has 0 radical (unpaired) electrons. The summed E-state index contributed by atoms with van der Waals surface area (Å²) in [6.45, 7) is 3.26. The number of hydrogen-bond acceptors (Lipinski definition) is 4. The number of carbonyl (C=O) groups excluding carboxylic acids is 1. The third-order valence-corrected chi connectivity index (χ3v) is 3.25. The lowest BCUT2D eigenvalue weighted by Gasteiger charge is -2.06. The summed E-state index contributed by atoms with van der Waals surface area (Å²) in [7, 11) is -3.92. The molecule has 1 N–H and O–H groups in total. The molecule has 0 atom stereocenters. The van der Waals surface area contributed by atoms with E-state index < -0.39 is 16.1 Å². The van der Waals surface area contributed by atoms with Crippen LogP contribution in [-0.4, -0.2) is 21.1 Å². The highest BCUT2D eigenvalue weighted by Gasteiger charge is 2.17. The second kappa shape index (κ2) is 5.70. The minimum atomic E-state index is -3.92. The molecule has 92 valence electrons. The maximum atomic E-state index is 11.6. The Balaban J connectivity index is 2.78. The molecule has 0 saturated carbocycles. The molecule has 5 nitrogen and oxygen atoms in total. The number of halogens is 1. The predicted octanol–water partition coefficient (Wildman–Crippen LogP) is 1.94. The molecular weight excluding hydrogens is 266 g/mol. The summed E-state index contributed by atoms with van der Waals surface area (Å²) >= 11 is 5.62. The quantitative estimate of drug-likeness (QED) is 0.853. The Morgan fingerprint density at radius 2 is 2.00 bits per heavy atom. The average Bonchev–Trinajstić information content (AvgIpc) is 2.26. The van der Waals surface area contributed by atoms with E-state index in [4.69, 9.17) is 11.6 Å². The fourth-order valence-corrected chi connectivity index (χ4v) is 1.96. The number of benzene rings is 1. The first-order valence-electron chi connectivity index (χ1n) is 4.52. The van der Waals surface area contributed by atoms with Gasteiger partial charge in [0.05, 0.1) is 4.90 Å². The summed E-state index contributed by atoms with van der Waals surface area (Å²) in [4.78, 5) is 11.0. The van der Waals surface area contributed by atoms with Crippen LogP contribution in [0.15, 0.2) is 41.8 Å². The zero-order valence-corrected chi connectivity index (χ0v) is 10.3. The average molecular weight is 276 g/mol. The molecule has 1 amide bonds. The van der Waals surface area contributed by atoms with Crippen molar-refractivity contribution in [2.45, 2.75) is 4.90 Å². The van der Waals surface area contributed by atoms with E-state index in [1.807, 2.05) is 0 Å². The van der Waals surface area contributed by atoms with Crippen LogP contribution in [0.4, 0.5) is 4.79 Å². The molecule has 1 aromatic carbocycles. The third-order valence-electron chi connectivity index (χ3n) is 1.67. The molecule has 1 aromatic rings. The van der Waals surface area contributed by atoms with Crippen LogP contribution in [0.25, 0.3) is 0 Å². The second-order valence-corrected chi connectivity index (χ2v) is 5.07. The molecule has 0 aliphatic carbocycles. The second-order valence-electron chi connectivity index (χ2n) is 2.95. The molecule has 17 heavy (non-hydrogen) atoms. The van der Waals surface area contributed by atoms with Crippen molar-refractivity contribution in [3.8, 4) is 0 Å². The van der Waals surface area contributed by atoms with Crippen LogP contribution in [0.2, 0.25) is 5.02 Å². The van der Waals surface area contributed by atoms with Gasteiger partial charge >= 0.3 is 6.09 Å². The highest BCUT2D eigenvalue weighted by Crippen LogP contribution is 2.13. The summed E-state index contributed by atoms with van der Waals surface area (Å²) in [6, 6.07) is 5.38. The van der Waals surface area contributed by atoms with Gasteiger partial charge in [0.2, 0.25) is 0 Å². The first-order valence-corrected chi connectivity index (χ1v) is 6.38. The predicted molar refractivity (Wildman–Crippen MR) is 63.3 cm³/mol. The van der Waals surface area contributed by atoms with E-state index in [0.717, 1.165) is 0 Å². The summed E-state index contributed by atoms with van der Waals surface area (Å²) in [6.07, 6.45) is 0.272. The zero-order chi connectivity index (χ0) is 12.9. The van der Waals surface area contributed by atoms with Gasteiger partial charge in [-0.1, -0.05) is 24.3 Å². The molecule has 0 saturated heterocycles. The van der Waals surface area contributed by atoms with E-state index in [0.29, 0.717) is 5.02 Å². The van der Waals surface area contributed by atoms with Gasteiger partial charge < -0.3 is 4.74 Å². The van der Waals surface area contributed by atoms with Gasteiger partial charge in [-0.25, -0.2) is 17.9 Å². The van der Waals surface area contributed by atoms with E-state index in [2.05, 4.69) is 11.3 Å². The van der Waals surface area contributed by atoms with Crippen LogP contribution in [0.5, 0.6) is 0 Å². The molecule has 1 rings (SSSR count). The van der Waals surface area contributed by atoms with Gasteiger partial charge in [0.1, 0.15) is 6.61 Å². The fraction of sp³-hybridized carbons (Fsp3) is 0.100. The third kappa shape index (κ3) is 4.08. The summed E-state index contributed by atoms with van der Waals surface area (Å²) in [5, 5.41) is 0.401. The highest BCUT2D eigenvalue weighted by molar-refractivity contribution is 7.90. The lowest BCUT2D eigenvalue weighted by molar-refractivity contribution is 0.165. The Morgan fingerprint density at radius 3 is 2.53 bits per heavy atom. The molecule has 0 heterocycles. The summed E-state index contributed by atoms with van der Waals surface area (Å²) in [5.74, 6) is 0. The van der Waals surface area contributed by atoms with Crippen LogP contribution in [0.1, 0.15) is 0 Å². The minimum absolute atomic E-state index is 0.0675. The number of amides is 1. The Bertz CT molecular complexity index is 510. The van der Waals surface area contributed by atoms with E-state index in [1.54, 1.807) is 4.72 Å². The number of sulfonamides is 1. The van der Waals surface area contributed by atoms with Gasteiger partial charge in [-0.05, 0) is 24.3 Å². The molecule has 0 aromatic heterocycles. The molecule has 0 bridgehead atoms. The van der Waals surface area contributed by atoms with Gasteiger partial charge in [-0.15, -0.1) is 0 Å². The van der Waals surface area contributed by atoms with Crippen LogP contribution in [0.3, 0.4) is 0 Å². The van der Waals surface area contributed by atoms with Crippen molar-refractivity contribution in [3.05, 3.63) is 41.9 Å². The number of ether oxygens (including phenoxy) is 1. The lowest BCUT2D eigenvalue weighted by Crippen LogP contribution is -2.31. The molecule has 7 heteroatoms. The van der Waals surface area contributed by atoms with Gasteiger partial charge in [0.15, 0.2) is 0 Å². The van der Waals surface area contributed by atoms with Gasteiger partial charge in [0.25, 0.3) is 10.0 Å². The minimum Gasteiger partial charge on any atom is -0.445 e. The molecule has 0 aliphatic heterocycles. The van der Waals surface area contributed by atoms with Crippen molar-refractivity contribution in [2.24, 2.45) is 0 Å². The largest absolute Gasteiger partial charge is 0.445 e. The van der Waals surface area contributed by atoms with Crippen LogP contribution in [-0.2, 0) is 14.8 Å². The van der Waals surface area contributed by atoms with Crippen LogP contribution in [0, 0.1) is 0 Å². The number of hydrogen-bond donors (Lipinski definition) is 1.